The van der Waals surface area contributed by atoms with Gasteiger partial charge in [0, 0.05) is 13.1 Å². The lowest BCUT2D eigenvalue weighted by Crippen LogP contribution is -2.34. The Bertz CT molecular complexity index is 636. The summed E-state index contributed by atoms with van der Waals surface area (Å²) in [5, 5.41) is 2.83. The number of hydrogen-bond donors (Lipinski definition) is 2. The number of aromatic nitrogens is 2. The van der Waals surface area contributed by atoms with Gasteiger partial charge in [-0.15, -0.1) is 12.4 Å². The number of carbonyl (C=O) groups is 1. The molecule has 0 fully saturated rings. The van der Waals surface area contributed by atoms with E-state index in [1.54, 1.807) is 6.92 Å². The molecule has 1 aromatic carbocycles. The van der Waals surface area contributed by atoms with Gasteiger partial charge in [0.25, 0.3) is 0 Å². The van der Waals surface area contributed by atoms with Crippen LogP contribution in [0.25, 0.3) is 11.0 Å². The number of para-hydroxylation sites is 2. The average molecular weight is 340 g/mol. The van der Waals surface area contributed by atoms with Gasteiger partial charge < -0.3 is 15.2 Å². The molecule has 0 aliphatic heterocycles. The van der Waals surface area contributed by atoms with Gasteiger partial charge >= 0.3 is 0 Å². The van der Waals surface area contributed by atoms with Gasteiger partial charge in [-0.3, -0.25) is 10.1 Å². The summed E-state index contributed by atoms with van der Waals surface area (Å²) in [6.07, 6.45) is 0. The number of fused-ring (bicyclic) bond motifs is 1. The second-order valence-corrected chi connectivity index (χ2v) is 5.38. The van der Waals surface area contributed by atoms with Gasteiger partial charge in [0.2, 0.25) is 11.9 Å². The zero-order valence-corrected chi connectivity index (χ0v) is 14.8. The van der Waals surface area contributed by atoms with Gasteiger partial charge in [-0.2, -0.15) is 0 Å². The third kappa shape index (κ3) is 4.67. The molecule has 128 valence electrons. The molecule has 1 atom stereocenters. The summed E-state index contributed by atoms with van der Waals surface area (Å²) in [6.45, 7) is 9.65. The van der Waals surface area contributed by atoms with Gasteiger partial charge in [0.1, 0.15) is 0 Å². The van der Waals surface area contributed by atoms with Crippen LogP contribution in [0.3, 0.4) is 0 Å². The first-order valence-electron chi connectivity index (χ1n) is 7.80. The molecule has 7 heteroatoms. The molecular weight excluding hydrogens is 314 g/mol. The predicted octanol–water partition coefficient (Wildman–Crippen LogP) is 2.09. The van der Waals surface area contributed by atoms with E-state index in [-0.39, 0.29) is 18.3 Å². The first-order valence-corrected chi connectivity index (χ1v) is 7.80. The zero-order chi connectivity index (χ0) is 16.1. The zero-order valence-electron chi connectivity index (χ0n) is 14.0. The Morgan fingerprint density at radius 3 is 2.61 bits per heavy atom. The number of benzene rings is 1. The molecule has 2 aromatic rings. The summed E-state index contributed by atoms with van der Waals surface area (Å²) in [6, 6.07) is 7.34. The maximum absolute atomic E-state index is 11.9. The number of imidazole rings is 1. The topological polar surface area (TPSA) is 76.2 Å². The summed E-state index contributed by atoms with van der Waals surface area (Å²) in [5.41, 5.74) is 7.54. The minimum atomic E-state index is -0.559. The maximum atomic E-state index is 11.9. The van der Waals surface area contributed by atoms with Gasteiger partial charge in [-0.05, 0) is 32.1 Å². The largest absolute Gasteiger partial charge is 0.320 e. The summed E-state index contributed by atoms with van der Waals surface area (Å²) in [4.78, 5) is 18.8. The molecule has 0 spiro atoms. The first-order chi connectivity index (χ1) is 10.6. The van der Waals surface area contributed by atoms with Crippen LogP contribution in [-0.4, -0.2) is 46.0 Å². The van der Waals surface area contributed by atoms with Crippen LogP contribution in [0.5, 0.6) is 0 Å². The second kappa shape index (κ2) is 8.86. The average Bonchev–Trinajstić information content (AvgIpc) is 2.85. The Labute approximate surface area is 143 Å². The summed E-state index contributed by atoms with van der Waals surface area (Å²) < 4.78 is 2.05. The van der Waals surface area contributed by atoms with E-state index in [9.17, 15) is 4.79 Å². The fourth-order valence-corrected chi connectivity index (χ4v) is 2.40. The summed E-state index contributed by atoms with van der Waals surface area (Å²) in [7, 11) is 0. The van der Waals surface area contributed by atoms with E-state index in [1.165, 1.54) is 0 Å². The summed E-state index contributed by atoms with van der Waals surface area (Å²) in [5.74, 6) is 0.343. The molecule has 6 nitrogen and oxygen atoms in total. The lowest BCUT2D eigenvalue weighted by atomic mass is 10.3. The number of halogens is 1. The molecule has 23 heavy (non-hydrogen) atoms. The third-order valence-electron chi connectivity index (χ3n) is 3.84. The molecule has 0 radical (unpaired) electrons. The standard InChI is InChI=1S/C16H25N5O.ClH/c1-4-20(5-2)10-11-21-14-9-7-6-8-13(14)18-16(21)19-15(22)12(3)17;/h6-9,12H,4-5,10-11,17H2,1-3H3,(H,18,19,22);1H. The van der Waals surface area contributed by atoms with Crippen molar-refractivity contribution in [2.45, 2.75) is 33.4 Å². The Balaban J connectivity index is 0.00000264. The number of nitrogens with one attached hydrogen (secondary N) is 1. The molecule has 2 rings (SSSR count). The number of rotatable bonds is 7. The number of amides is 1. The third-order valence-corrected chi connectivity index (χ3v) is 3.84. The lowest BCUT2D eigenvalue weighted by molar-refractivity contribution is -0.117. The highest BCUT2D eigenvalue weighted by Gasteiger charge is 2.15. The van der Waals surface area contributed by atoms with Gasteiger partial charge in [0.15, 0.2) is 0 Å². The molecule has 0 saturated carbocycles. The smallest absolute Gasteiger partial charge is 0.243 e. The molecule has 1 unspecified atom stereocenters. The van der Waals surface area contributed by atoms with E-state index in [4.69, 9.17) is 5.73 Å². The van der Waals surface area contributed by atoms with Crippen molar-refractivity contribution in [2.24, 2.45) is 5.73 Å². The molecule has 0 aliphatic rings. The van der Waals surface area contributed by atoms with Crippen molar-refractivity contribution < 1.29 is 4.79 Å². The number of nitrogens with zero attached hydrogens (tertiary/aromatic N) is 3. The molecule has 1 aromatic heterocycles. The normalized spacial score (nSPS) is 12.2. The van der Waals surface area contributed by atoms with Crippen LogP contribution in [0.4, 0.5) is 5.95 Å². The molecule has 0 aliphatic carbocycles. The maximum Gasteiger partial charge on any atom is 0.243 e. The van der Waals surface area contributed by atoms with Gasteiger partial charge in [0.05, 0.1) is 17.1 Å². The molecule has 1 amide bonds. The molecule has 0 bridgehead atoms. The van der Waals surface area contributed by atoms with Crippen molar-refractivity contribution in [2.75, 3.05) is 25.0 Å². The molecule has 0 saturated heterocycles. The highest BCUT2D eigenvalue weighted by Crippen LogP contribution is 2.19. The van der Waals surface area contributed by atoms with Crippen molar-refractivity contribution in [3.8, 4) is 0 Å². The van der Waals surface area contributed by atoms with Crippen molar-refractivity contribution in [1.82, 2.24) is 14.5 Å². The quantitative estimate of drug-likeness (QED) is 0.809. The molecular formula is C16H26ClN5O. The minimum absolute atomic E-state index is 0. The number of nitrogens with two attached hydrogens (primary N) is 1. The van der Waals surface area contributed by atoms with Crippen LogP contribution in [0.15, 0.2) is 24.3 Å². The van der Waals surface area contributed by atoms with E-state index in [2.05, 4.69) is 29.0 Å². The van der Waals surface area contributed by atoms with Gasteiger partial charge in [-0.25, -0.2) is 4.98 Å². The number of carbonyl (C=O) groups excluding carboxylic acids is 1. The van der Waals surface area contributed by atoms with Crippen LogP contribution in [0.2, 0.25) is 0 Å². The minimum Gasteiger partial charge on any atom is -0.320 e. The van der Waals surface area contributed by atoms with E-state index >= 15 is 0 Å². The van der Waals surface area contributed by atoms with E-state index in [0.717, 1.165) is 37.2 Å². The first kappa shape index (κ1) is 19.4. The van der Waals surface area contributed by atoms with Crippen LogP contribution >= 0.6 is 12.4 Å². The van der Waals surface area contributed by atoms with Gasteiger partial charge in [-0.1, -0.05) is 26.0 Å². The monoisotopic (exact) mass is 339 g/mol. The van der Waals surface area contributed by atoms with Crippen LogP contribution in [0, 0.1) is 0 Å². The highest BCUT2D eigenvalue weighted by atomic mass is 35.5. The molecule has 3 N–H and O–H groups in total. The predicted molar refractivity (Wildman–Crippen MR) is 97.0 cm³/mol. The van der Waals surface area contributed by atoms with E-state index < -0.39 is 6.04 Å². The summed E-state index contributed by atoms with van der Waals surface area (Å²) >= 11 is 0. The van der Waals surface area contributed by atoms with E-state index in [1.807, 2.05) is 28.8 Å². The van der Waals surface area contributed by atoms with Crippen LogP contribution in [0.1, 0.15) is 20.8 Å². The highest BCUT2D eigenvalue weighted by molar-refractivity contribution is 5.94. The number of hydrogen-bond acceptors (Lipinski definition) is 4. The lowest BCUT2D eigenvalue weighted by Gasteiger charge is -2.19. The SMILES string of the molecule is CCN(CC)CCn1c(NC(=O)C(C)N)nc2ccccc21.Cl. The van der Waals surface area contributed by atoms with Crippen molar-refractivity contribution in [1.29, 1.82) is 0 Å². The molecule has 1 heterocycles. The van der Waals surface area contributed by atoms with Crippen molar-refractivity contribution in [3.63, 3.8) is 0 Å². The van der Waals surface area contributed by atoms with Crippen LogP contribution in [-0.2, 0) is 11.3 Å². The second-order valence-electron chi connectivity index (χ2n) is 5.38. The number of anilines is 1. The van der Waals surface area contributed by atoms with Crippen LogP contribution < -0.4 is 11.1 Å². The van der Waals surface area contributed by atoms with E-state index in [0.29, 0.717) is 5.95 Å². The fraction of sp³-hybridized carbons (Fsp3) is 0.500. The van der Waals surface area contributed by atoms with Crippen molar-refractivity contribution in [3.05, 3.63) is 24.3 Å². The Morgan fingerprint density at radius 2 is 2.00 bits per heavy atom. The Kier molecular flexibility index (Phi) is 7.48. The Morgan fingerprint density at radius 1 is 1.35 bits per heavy atom. The van der Waals surface area contributed by atoms with Crippen molar-refractivity contribution >= 4 is 35.3 Å². The Hall–Kier alpha value is -1.63. The fourth-order valence-electron chi connectivity index (χ4n) is 2.40. The number of likely N-dealkylation sites (N-methyl/N-ethyl adjacent to an activating group) is 1.